The normalized spacial score (nSPS) is 16.3. The summed E-state index contributed by atoms with van der Waals surface area (Å²) in [4.78, 5) is 4.66. The van der Waals surface area contributed by atoms with E-state index in [-0.39, 0.29) is 0 Å². The van der Waals surface area contributed by atoms with Crippen molar-refractivity contribution in [3.63, 3.8) is 0 Å². The second-order valence-corrected chi connectivity index (χ2v) is 7.12. The summed E-state index contributed by atoms with van der Waals surface area (Å²) in [7, 11) is 2.02. The van der Waals surface area contributed by atoms with Crippen LogP contribution in [-0.2, 0) is 19.9 Å². The molecule has 2 aromatic heterocycles. The van der Waals surface area contributed by atoms with E-state index in [2.05, 4.69) is 21.7 Å². The minimum absolute atomic E-state index is 0.379. The van der Waals surface area contributed by atoms with Crippen LogP contribution < -0.4 is 5.73 Å². The smallest absolute Gasteiger partial charge is 0.142 e. The topological polar surface area (TPSA) is 67.6 Å². The van der Waals surface area contributed by atoms with Crippen molar-refractivity contribution in [1.82, 2.24) is 9.55 Å². The Morgan fingerprint density at radius 2 is 1.68 bits per heavy atom. The van der Waals surface area contributed by atoms with Gasteiger partial charge in [0.15, 0.2) is 0 Å². The molecule has 3 rings (SSSR count). The van der Waals surface area contributed by atoms with Crippen LogP contribution in [0.4, 0.5) is 5.82 Å². The average molecular weight is 336 g/mol. The van der Waals surface area contributed by atoms with Crippen molar-refractivity contribution in [2.24, 2.45) is 7.05 Å². The van der Waals surface area contributed by atoms with Crippen LogP contribution in [0.3, 0.4) is 0 Å². The number of aromatic nitrogens is 2. The Balaban J connectivity index is 2.11. The van der Waals surface area contributed by atoms with E-state index in [1.807, 2.05) is 19.3 Å². The quantitative estimate of drug-likeness (QED) is 0.816. The van der Waals surface area contributed by atoms with Gasteiger partial charge in [0, 0.05) is 30.2 Å². The summed E-state index contributed by atoms with van der Waals surface area (Å²) in [6.07, 6.45) is 14.1. The number of nitrogens with zero attached hydrogens (tertiary/aromatic N) is 3. The molecule has 25 heavy (non-hydrogen) atoms. The van der Waals surface area contributed by atoms with Crippen molar-refractivity contribution >= 4 is 5.82 Å². The highest BCUT2D eigenvalue weighted by Crippen LogP contribution is 2.34. The average Bonchev–Trinajstić information content (AvgIpc) is 3.01. The lowest BCUT2D eigenvalue weighted by Crippen LogP contribution is -2.10. The van der Waals surface area contributed by atoms with Crippen molar-refractivity contribution < 1.29 is 0 Å². The number of hydrogen-bond donors (Lipinski definition) is 1. The predicted molar refractivity (Wildman–Crippen MR) is 102 cm³/mol. The van der Waals surface area contributed by atoms with Crippen LogP contribution in [0.25, 0.3) is 11.3 Å². The van der Waals surface area contributed by atoms with E-state index in [1.165, 1.54) is 44.1 Å². The van der Waals surface area contributed by atoms with Gasteiger partial charge in [0.1, 0.15) is 17.5 Å². The van der Waals surface area contributed by atoms with Crippen molar-refractivity contribution in [2.75, 3.05) is 5.73 Å². The first-order valence-electron chi connectivity index (χ1n) is 9.55. The van der Waals surface area contributed by atoms with Crippen LogP contribution in [0.15, 0.2) is 18.3 Å². The van der Waals surface area contributed by atoms with Gasteiger partial charge < -0.3 is 10.3 Å². The Hall–Kier alpha value is -2.28. The molecule has 0 radical (unpaired) electrons. The maximum absolute atomic E-state index is 9.72. The van der Waals surface area contributed by atoms with Gasteiger partial charge in [0.05, 0.1) is 0 Å². The number of aryl methyl sites for hydroxylation is 2. The molecule has 0 amide bonds. The van der Waals surface area contributed by atoms with Crippen molar-refractivity contribution in [1.29, 1.82) is 5.26 Å². The SMILES string of the molecule is Cn1cccc1-c1c(C#N)c(N)nc2c1CCCCCCCCCC2. The Morgan fingerprint density at radius 1 is 1.04 bits per heavy atom. The standard InChI is InChI=1S/C21H28N4/c1-25-14-10-13-19(25)20-16-11-8-6-4-2-3-5-7-9-12-18(16)24-21(23)17(20)15-22/h10,13-14H,2-9,11-12H2,1H3,(H2,23,24). The third-order valence-electron chi connectivity index (χ3n) is 5.31. The van der Waals surface area contributed by atoms with Gasteiger partial charge in [-0.2, -0.15) is 5.26 Å². The summed E-state index contributed by atoms with van der Waals surface area (Å²) in [6.45, 7) is 0. The molecule has 2 N–H and O–H groups in total. The molecule has 4 nitrogen and oxygen atoms in total. The second kappa shape index (κ2) is 8.20. The molecule has 0 aromatic carbocycles. The van der Waals surface area contributed by atoms with Crippen LogP contribution >= 0.6 is 0 Å². The Kier molecular flexibility index (Phi) is 5.75. The number of anilines is 1. The van der Waals surface area contributed by atoms with Crippen molar-refractivity contribution in [3.05, 3.63) is 35.2 Å². The van der Waals surface area contributed by atoms with Crippen molar-refractivity contribution in [2.45, 2.75) is 64.2 Å². The number of hydrogen-bond acceptors (Lipinski definition) is 3. The van der Waals surface area contributed by atoms with E-state index < -0.39 is 0 Å². The summed E-state index contributed by atoms with van der Waals surface area (Å²) in [6, 6.07) is 6.41. The lowest BCUT2D eigenvalue weighted by molar-refractivity contribution is 0.557. The highest BCUT2D eigenvalue weighted by Gasteiger charge is 2.21. The summed E-state index contributed by atoms with van der Waals surface area (Å²) in [5.74, 6) is 0.379. The fourth-order valence-corrected chi connectivity index (χ4v) is 3.94. The van der Waals surface area contributed by atoms with Crippen LogP contribution in [0, 0.1) is 11.3 Å². The zero-order valence-electron chi connectivity index (χ0n) is 15.2. The van der Waals surface area contributed by atoms with E-state index >= 15 is 0 Å². The monoisotopic (exact) mass is 336 g/mol. The minimum Gasteiger partial charge on any atom is -0.383 e. The van der Waals surface area contributed by atoms with Gasteiger partial charge in [-0.25, -0.2) is 4.98 Å². The van der Waals surface area contributed by atoms with Crippen molar-refractivity contribution in [3.8, 4) is 17.3 Å². The molecule has 0 bridgehead atoms. The molecule has 0 aliphatic heterocycles. The maximum Gasteiger partial charge on any atom is 0.142 e. The van der Waals surface area contributed by atoms with Gasteiger partial charge >= 0.3 is 0 Å². The summed E-state index contributed by atoms with van der Waals surface area (Å²) < 4.78 is 2.08. The number of pyridine rings is 1. The van der Waals surface area contributed by atoms with Crippen LogP contribution in [0.5, 0.6) is 0 Å². The van der Waals surface area contributed by atoms with Gasteiger partial charge in [-0.3, -0.25) is 0 Å². The number of rotatable bonds is 1. The fourth-order valence-electron chi connectivity index (χ4n) is 3.94. The molecule has 0 unspecified atom stereocenters. The first-order chi connectivity index (χ1) is 12.2. The Bertz CT molecular complexity index is 767. The van der Waals surface area contributed by atoms with E-state index in [1.54, 1.807) is 0 Å². The molecule has 132 valence electrons. The van der Waals surface area contributed by atoms with E-state index in [0.29, 0.717) is 11.4 Å². The molecule has 2 aromatic rings. The first-order valence-corrected chi connectivity index (χ1v) is 9.55. The number of nitrogens with two attached hydrogens (primary N) is 1. The van der Waals surface area contributed by atoms with Gasteiger partial charge in [-0.1, -0.05) is 38.5 Å². The highest BCUT2D eigenvalue weighted by atomic mass is 14.9. The Morgan fingerprint density at radius 3 is 2.28 bits per heavy atom. The zero-order valence-corrected chi connectivity index (χ0v) is 15.2. The molecule has 1 aliphatic rings. The number of fused-ring (bicyclic) bond motifs is 1. The maximum atomic E-state index is 9.72. The molecular formula is C21H28N4. The number of nitriles is 1. The zero-order chi connectivity index (χ0) is 17.6. The van der Waals surface area contributed by atoms with Gasteiger partial charge in [-0.15, -0.1) is 0 Å². The molecule has 1 aliphatic carbocycles. The predicted octanol–water partition coefficient (Wildman–Crippen LogP) is 4.76. The molecule has 0 saturated heterocycles. The summed E-state index contributed by atoms with van der Waals surface area (Å²) in [5, 5.41) is 9.72. The fraction of sp³-hybridized carbons (Fsp3) is 0.524. The van der Waals surface area contributed by atoms with E-state index in [9.17, 15) is 5.26 Å². The minimum atomic E-state index is 0.379. The van der Waals surface area contributed by atoms with Crippen LogP contribution in [-0.4, -0.2) is 9.55 Å². The van der Waals surface area contributed by atoms with Gasteiger partial charge in [-0.05, 0) is 43.4 Å². The molecule has 0 saturated carbocycles. The molecule has 0 spiro atoms. The van der Waals surface area contributed by atoms with E-state index in [0.717, 1.165) is 42.6 Å². The molecule has 0 fully saturated rings. The first kappa shape index (κ1) is 17.5. The summed E-state index contributed by atoms with van der Waals surface area (Å²) >= 11 is 0. The largest absolute Gasteiger partial charge is 0.383 e. The highest BCUT2D eigenvalue weighted by molar-refractivity contribution is 5.77. The van der Waals surface area contributed by atoms with E-state index in [4.69, 9.17) is 5.73 Å². The van der Waals surface area contributed by atoms with Crippen LogP contribution in [0.2, 0.25) is 0 Å². The van der Waals surface area contributed by atoms with Crippen LogP contribution in [0.1, 0.15) is 68.2 Å². The molecule has 2 heterocycles. The lowest BCUT2D eigenvalue weighted by atomic mass is 9.91. The Labute approximate surface area is 150 Å². The van der Waals surface area contributed by atoms with Gasteiger partial charge in [0.25, 0.3) is 0 Å². The number of nitrogen functional groups attached to an aromatic ring is 1. The summed E-state index contributed by atoms with van der Waals surface area (Å²) in [5.41, 5.74) is 11.1. The second-order valence-electron chi connectivity index (χ2n) is 7.12. The van der Waals surface area contributed by atoms with Gasteiger partial charge in [0.2, 0.25) is 0 Å². The third kappa shape index (κ3) is 3.87. The molecular weight excluding hydrogens is 308 g/mol. The molecule has 4 heteroatoms. The third-order valence-corrected chi connectivity index (χ3v) is 5.31. The lowest BCUT2D eigenvalue weighted by Gasteiger charge is -2.19. The molecule has 0 atom stereocenters.